The molecule has 17 heteroatoms. The molecule has 64 heavy (non-hydrogen) atoms. The molecule has 1 aliphatic carbocycles. The smallest absolute Gasteiger partial charge is 0.407 e. The number of amides is 3. The van der Waals surface area contributed by atoms with Crippen molar-refractivity contribution in [3.05, 3.63) is 95.1 Å². The van der Waals surface area contributed by atoms with Crippen molar-refractivity contribution < 1.29 is 71.2 Å². The first-order valence-electron chi connectivity index (χ1n) is 22.0. The first kappa shape index (κ1) is 50.6. The molecular formula is C47H64N2O15. The topological polar surface area (TPSA) is 177 Å². The molecule has 0 spiro atoms. The number of rotatable bonds is 38. The molecule has 5 rings (SSSR count). The minimum atomic E-state index is -0.459. The zero-order valence-corrected chi connectivity index (χ0v) is 36.8. The number of benzene rings is 3. The summed E-state index contributed by atoms with van der Waals surface area (Å²) in [5.41, 5.74) is 5.62. The summed E-state index contributed by atoms with van der Waals surface area (Å²) in [5, 5.41) is 2.74. The van der Waals surface area contributed by atoms with Crippen LogP contribution in [0.2, 0.25) is 0 Å². The highest BCUT2D eigenvalue weighted by atomic mass is 16.6. The van der Waals surface area contributed by atoms with Crippen LogP contribution in [0, 0.1) is 0 Å². The van der Waals surface area contributed by atoms with Gasteiger partial charge >= 0.3 is 6.09 Å². The monoisotopic (exact) mass is 896 g/mol. The highest BCUT2D eigenvalue weighted by molar-refractivity contribution is 6.21. The molecular weight excluding hydrogens is 833 g/mol. The molecule has 3 amide bonds. The van der Waals surface area contributed by atoms with Gasteiger partial charge in [-0.2, -0.15) is 0 Å². The van der Waals surface area contributed by atoms with Gasteiger partial charge in [-0.15, -0.1) is 0 Å². The van der Waals surface area contributed by atoms with Crippen molar-refractivity contribution in [1.29, 1.82) is 0 Å². The van der Waals surface area contributed by atoms with Crippen LogP contribution in [0.3, 0.4) is 0 Å². The third kappa shape index (κ3) is 18.3. The van der Waals surface area contributed by atoms with Gasteiger partial charge in [-0.05, 0) is 34.4 Å². The maximum atomic E-state index is 12.3. The first-order chi connectivity index (χ1) is 31.6. The Hall–Kier alpha value is -4.37. The molecule has 0 saturated carbocycles. The maximum Gasteiger partial charge on any atom is 0.407 e. The zero-order valence-electron chi connectivity index (χ0n) is 36.8. The molecule has 0 radical (unpaired) electrons. The summed E-state index contributed by atoms with van der Waals surface area (Å²) in [7, 11) is 0. The summed E-state index contributed by atoms with van der Waals surface area (Å²) in [4.78, 5) is 38.2. The molecule has 1 N–H and O–H groups in total. The van der Waals surface area contributed by atoms with Gasteiger partial charge in [-0.3, -0.25) is 14.5 Å². The number of fused-ring (bicyclic) bond motifs is 4. The molecule has 0 aromatic heterocycles. The van der Waals surface area contributed by atoms with Crippen LogP contribution in [0.25, 0.3) is 11.1 Å². The average molecular weight is 897 g/mol. The third-order valence-electron chi connectivity index (χ3n) is 9.92. The van der Waals surface area contributed by atoms with Gasteiger partial charge in [0.2, 0.25) is 0 Å². The third-order valence-corrected chi connectivity index (χ3v) is 9.92. The van der Waals surface area contributed by atoms with Crippen molar-refractivity contribution in [3.63, 3.8) is 0 Å². The SMILES string of the molecule is O=C(NCCOCCOCCOCCOCCOCCOCCOCCOCCOCCOCCOCCN1C(=O)c2ccccc2C1=O)OCC1c2ccccc2-c2ccccc21. The average Bonchev–Trinajstić information content (AvgIpc) is 3.77. The van der Waals surface area contributed by atoms with E-state index in [1.165, 1.54) is 27.2 Å². The largest absolute Gasteiger partial charge is 0.449 e. The summed E-state index contributed by atoms with van der Waals surface area (Å²) in [6.07, 6.45) is -0.459. The number of alkyl carbamates (subject to hydrolysis) is 1. The molecule has 2 aliphatic rings. The number of ether oxygens (including phenoxy) is 12. The number of hydrogen-bond acceptors (Lipinski definition) is 15. The van der Waals surface area contributed by atoms with E-state index in [-0.39, 0.29) is 37.5 Å². The first-order valence-corrected chi connectivity index (χ1v) is 22.0. The lowest BCUT2D eigenvalue weighted by Gasteiger charge is -2.14. The number of hydrogen-bond donors (Lipinski definition) is 1. The van der Waals surface area contributed by atoms with Crippen molar-refractivity contribution in [2.45, 2.75) is 5.92 Å². The van der Waals surface area contributed by atoms with Gasteiger partial charge in [-0.1, -0.05) is 60.7 Å². The molecule has 1 aliphatic heterocycles. The fourth-order valence-corrected chi connectivity index (χ4v) is 6.77. The van der Waals surface area contributed by atoms with Crippen LogP contribution in [-0.4, -0.2) is 188 Å². The van der Waals surface area contributed by atoms with Crippen LogP contribution in [0.1, 0.15) is 37.8 Å². The van der Waals surface area contributed by atoms with Gasteiger partial charge in [0.25, 0.3) is 11.8 Å². The molecule has 0 saturated heterocycles. The summed E-state index contributed by atoms with van der Waals surface area (Å²) in [6.45, 7) is 10.4. The lowest BCUT2D eigenvalue weighted by Crippen LogP contribution is -2.33. The fraction of sp³-hybridized carbons (Fsp3) is 0.553. The van der Waals surface area contributed by atoms with E-state index in [1.807, 2.05) is 24.3 Å². The van der Waals surface area contributed by atoms with Gasteiger partial charge in [0, 0.05) is 12.5 Å². The van der Waals surface area contributed by atoms with Crippen LogP contribution < -0.4 is 5.32 Å². The number of carbonyl (C=O) groups excluding carboxylic acids is 3. The van der Waals surface area contributed by atoms with Crippen molar-refractivity contribution in [1.82, 2.24) is 10.2 Å². The highest BCUT2D eigenvalue weighted by Crippen LogP contribution is 2.44. The Balaban J connectivity index is 0.662. The summed E-state index contributed by atoms with van der Waals surface area (Å²) >= 11 is 0. The van der Waals surface area contributed by atoms with E-state index in [9.17, 15) is 14.4 Å². The number of imide groups is 1. The van der Waals surface area contributed by atoms with Crippen LogP contribution in [-0.2, 0) is 56.8 Å². The predicted octanol–water partition coefficient (Wildman–Crippen LogP) is 4.00. The second-order valence-corrected chi connectivity index (χ2v) is 14.3. The second kappa shape index (κ2) is 31.5. The molecule has 0 unspecified atom stereocenters. The van der Waals surface area contributed by atoms with E-state index >= 15 is 0 Å². The van der Waals surface area contributed by atoms with E-state index < -0.39 is 6.09 Å². The Morgan fingerprint density at radius 2 is 0.703 bits per heavy atom. The zero-order chi connectivity index (χ0) is 44.7. The number of nitrogens with zero attached hydrogens (tertiary/aromatic N) is 1. The molecule has 352 valence electrons. The minimum absolute atomic E-state index is 0.0292. The summed E-state index contributed by atoms with van der Waals surface area (Å²) < 4.78 is 66.1. The maximum absolute atomic E-state index is 12.3. The highest BCUT2D eigenvalue weighted by Gasteiger charge is 2.34. The van der Waals surface area contributed by atoms with Crippen molar-refractivity contribution >= 4 is 17.9 Å². The number of carbonyl (C=O) groups is 3. The van der Waals surface area contributed by atoms with Gasteiger partial charge < -0.3 is 62.2 Å². The van der Waals surface area contributed by atoms with Gasteiger partial charge in [0.1, 0.15) is 6.61 Å². The van der Waals surface area contributed by atoms with E-state index in [2.05, 4.69) is 29.6 Å². The minimum Gasteiger partial charge on any atom is -0.449 e. The molecule has 3 aromatic rings. The fourth-order valence-electron chi connectivity index (χ4n) is 6.77. The number of nitrogens with one attached hydrogen (secondary N) is 1. The molecule has 0 atom stereocenters. The molecule has 0 bridgehead atoms. The molecule has 1 heterocycles. The lowest BCUT2D eigenvalue weighted by atomic mass is 9.98. The Bertz CT molecular complexity index is 1700. The Labute approximate surface area is 375 Å². The Kier molecular flexibility index (Phi) is 24.9. The van der Waals surface area contributed by atoms with E-state index in [1.54, 1.807) is 24.3 Å². The van der Waals surface area contributed by atoms with E-state index in [4.69, 9.17) is 56.8 Å². The summed E-state index contributed by atoms with van der Waals surface area (Å²) in [6, 6.07) is 23.3. The van der Waals surface area contributed by atoms with Gasteiger partial charge in [0.15, 0.2) is 0 Å². The van der Waals surface area contributed by atoms with E-state index in [0.717, 1.165) is 0 Å². The standard InChI is InChI=1S/C47H64N2O15/c50-45-42-11-5-6-12-43(42)46(51)49(45)14-16-54-18-20-56-22-24-58-26-28-60-30-32-62-34-36-63-35-33-61-31-29-59-27-25-57-23-21-55-19-17-53-15-13-48-47(52)64-37-44-40-9-3-1-7-38(40)39-8-2-4-10-41(39)44/h1-12,44H,13-37H2,(H,48,52). The Morgan fingerprint density at radius 1 is 0.406 bits per heavy atom. The molecule has 3 aromatic carbocycles. The second-order valence-electron chi connectivity index (χ2n) is 14.3. The van der Waals surface area contributed by atoms with Crippen molar-refractivity contribution in [2.75, 3.05) is 165 Å². The molecule has 0 fully saturated rings. The normalized spacial score (nSPS) is 13.1. The van der Waals surface area contributed by atoms with Gasteiger partial charge in [0.05, 0.1) is 163 Å². The van der Waals surface area contributed by atoms with Crippen LogP contribution in [0.5, 0.6) is 0 Å². The summed E-state index contributed by atoms with van der Waals surface area (Å²) in [5.74, 6) is -0.536. The van der Waals surface area contributed by atoms with Crippen LogP contribution in [0.4, 0.5) is 4.79 Å². The van der Waals surface area contributed by atoms with Crippen LogP contribution in [0.15, 0.2) is 72.8 Å². The Morgan fingerprint density at radius 3 is 1.06 bits per heavy atom. The predicted molar refractivity (Wildman–Crippen MR) is 234 cm³/mol. The molecule has 17 nitrogen and oxygen atoms in total. The van der Waals surface area contributed by atoms with Crippen molar-refractivity contribution in [2.24, 2.45) is 0 Å². The lowest BCUT2D eigenvalue weighted by molar-refractivity contribution is -0.0275. The van der Waals surface area contributed by atoms with Crippen molar-refractivity contribution in [3.8, 4) is 11.1 Å². The van der Waals surface area contributed by atoms with E-state index in [0.29, 0.717) is 156 Å². The van der Waals surface area contributed by atoms with Gasteiger partial charge in [-0.25, -0.2) is 4.79 Å². The quantitative estimate of drug-likeness (QED) is 0.0645. The van der Waals surface area contributed by atoms with Crippen LogP contribution >= 0.6 is 0 Å².